The molecule has 0 spiro atoms. The van der Waals surface area contributed by atoms with Crippen LogP contribution in [0.2, 0.25) is 0 Å². The van der Waals surface area contributed by atoms with E-state index < -0.39 is 0 Å². The SMILES string of the molecule is CC(O)CCn1cc(C#N)cn1. The van der Waals surface area contributed by atoms with Crippen molar-refractivity contribution < 1.29 is 5.11 Å². The summed E-state index contributed by atoms with van der Waals surface area (Å²) >= 11 is 0. The molecule has 1 aromatic rings. The number of nitriles is 1. The van der Waals surface area contributed by atoms with Crippen LogP contribution in [0.3, 0.4) is 0 Å². The molecule has 0 aliphatic carbocycles. The topological polar surface area (TPSA) is 61.8 Å². The lowest BCUT2D eigenvalue weighted by Crippen LogP contribution is -2.06. The quantitative estimate of drug-likeness (QED) is 0.710. The van der Waals surface area contributed by atoms with E-state index in [1.165, 1.54) is 6.20 Å². The van der Waals surface area contributed by atoms with Gasteiger partial charge in [0, 0.05) is 12.7 Å². The summed E-state index contributed by atoms with van der Waals surface area (Å²) in [6, 6.07) is 1.99. The van der Waals surface area contributed by atoms with E-state index in [9.17, 15) is 0 Å². The van der Waals surface area contributed by atoms with Crippen LogP contribution in [0, 0.1) is 11.3 Å². The van der Waals surface area contributed by atoms with Crippen LogP contribution in [0.25, 0.3) is 0 Å². The Bertz CT molecular complexity index is 285. The molecule has 0 aromatic carbocycles. The average molecular weight is 165 g/mol. The van der Waals surface area contributed by atoms with Gasteiger partial charge in [0.05, 0.1) is 17.9 Å². The fraction of sp³-hybridized carbons (Fsp3) is 0.500. The lowest BCUT2D eigenvalue weighted by molar-refractivity contribution is 0.176. The molecule has 0 aliphatic heterocycles. The van der Waals surface area contributed by atoms with Crippen molar-refractivity contribution in [3.63, 3.8) is 0 Å². The minimum Gasteiger partial charge on any atom is -0.393 e. The number of aliphatic hydroxyl groups is 1. The maximum atomic E-state index is 8.97. The third-order valence-electron chi connectivity index (χ3n) is 1.54. The molecule has 1 unspecified atom stereocenters. The van der Waals surface area contributed by atoms with Crippen LogP contribution in [0.4, 0.5) is 0 Å². The van der Waals surface area contributed by atoms with Crippen molar-refractivity contribution in [3.05, 3.63) is 18.0 Å². The molecule has 1 atom stereocenters. The number of hydrogen-bond donors (Lipinski definition) is 1. The van der Waals surface area contributed by atoms with Crippen molar-refractivity contribution in [2.45, 2.75) is 26.0 Å². The Balaban J connectivity index is 2.48. The highest BCUT2D eigenvalue weighted by Crippen LogP contribution is 1.98. The van der Waals surface area contributed by atoms with Gasteiger partial charge in [-0.1, -0.05) is 0 Å². The molecule has 64 valence electrons. The molecular formula is C8H11N3O. The van der Waals surface area contributed by atoms with Gasteiger partial charge in [0.2, 0.25) is 0 Å². The zero-order chi connectivity index (χ0) is 8.97. The van der Waals surface area contributed by atoms with Gasteiger partial charge in [-0.2, -0.15) is 10.4 Å². The maximum Gasteiger partial charge on any atom is 0.102 e. The second kappa shape index (κ2) is 3.88. The molecule has 4 nitrogen and oxygen atoms in total. The summed E-state index contributed by atoms with van der Waals surface area (Å²) in [5, 5.41) is 21.4. The highest BCUT2D eigenvalue weighted by molar-refractivity contribution is 5.21. The van der Waals surface area contributed by atoms with Crippen molar-refractivity contribution in [3.8, 4) is 6.07 Å². The van der Waals surface area contributed by atoms with Crippen molar-refractivity contribution in [2.24, 2.45) is 0 Å². The third kappa shape index (κ3) is 2.36. The Hall–Kier alpha value is -1.34. The van der Waals surface area contributed by atoms with Crippen LogP contribution in [-0.2, 0) is 6.54 Å². The summed E-state index contributed by atoms with van der Waals surface area (Å²) in [5.41, 5.74) is 0.556. The summed E-state index contributed by atoms with van der Waals surface area (Å²) in [7, 11) is 0. The number of hydrogen-bond acceptors (Lipinski definition) is 3. The number of nitrogens with zero attached hydrogens (tertiary/aromatic N) is 3. The summed E-state index contributed by atoms with van der Waals surface area (Å²) < 4.78 is 1.66. The molecule has 0 saturated carbocycles. The largest absolute Gasteiger partial charge is 0.393 e. The number of aromatic nitrogens is 2. The predicted octanol–water partition coefficient (Wildman–Crippen LogP) is 0.526. The lowest BCUT2D eigenvalue weighted by Gasteiger charge is -2.02. The van der Waals surface area contributed by atoms with Crippen LogP contribution in [0.5, 0.6) is 0 Å². The highest BCUT2D eigenvalue weighted by Gasteiger charge is 1.99. The number of aryl methyl sites for hydroxylation is 1. The average Bonchev–Trinajstić information content (AvgIpc) is 2.48. The van der Waals surface area contributed by atoms with Crippen LogP contribution >= 0.6 is 0 Å². The highest BCUT2D eigenvalue weighted by atomic mass is 16.3. The first-order valence-corrected chi connectivity index (χ1v) is 3.83. The van der Waals surface area contributed by atoms with E-state index in [4.69, 9.17) is 10.4 Å². The molecule has 0 radical (unpaired) electrons. The van der Waals surface area contributed by atoms with Crippen LogP contribution in [-0.4, -0.2) is 21.0 Å². The Morgan fingerprint density at radius 2 is 2.58 bits per heavy atom. The lowest BCUT2D eigenvalue weighted by atomic mass is 10.3. The Labute approximate surface area is 71.1 Å². The van der Waals surface area contributed by atoms with Gasteiger partial charge in [-0.25, -0.2) is 0 Å². The van der Waals surface area contributed by atoms with Gasteiger partial charge >= 0.3 is 0 Å². The van der Waals surface area contributed by atoms with Gasteiger partial charge in [0.15, 0.2) is 0 Å². The second-order valence-electron chi connectivity index (χ2n) is 2.74. The van der Waals surface area contributed by atoms with Gasteiger partial charge in [-0.15, -0.1) is 0 Å². The van der Waals surface area contributed by atoms with Crippen LogP contribution < -0.4 is 0 Å². The van der Waals surface area contributed by atoms with E-state index in [2.05, 4.69) is 5.10 Å². The van der Waals surface area contributed by atoms with Gasteiger partial charge in [0.25, 0.3) is 0 Å². The van der Waals surface area contributed by atoms with E-state index in [0.717, 1.165) is 0 Å². The molecule has 0 fully saturated rings. The van der Waals surface area contributed by atoms with Crippen molar-refractivity contribution in [2.75, 3.05) is 0 Å². The van der Waals surface area contributed by atoms with Crippen LogP contribution in [0.1, 0.15) is 18.9 Å². The predicted molar refractivity (Wildman–Crippen MR) is 43.2 cm³/mol. The first kappa shape index (κ1) is 8.75. The molecule has 1 aromatic heterocycles. The molecule has 1 rings (SSSR count). The summed E-state index contributed by atoms with van der Waals surface area (Å²) in [5.74, 6) is 0. The molecule has 0 aliphatic rings. The van der Waals surface area contributed by atoms with Crippen LogP contribution in [0.15, 0.2) is 12.4 Å². The normalized spacial score (nSPS) is 12.4. The molecule has 0 saturated heterocycles. The smallest absolute Gasteiger partial charge is 0.102 e. The van der Waals surface area contributed by atoms with Gasteiger partial charge in [-0.05, 0) is 13.3 Å². The first-order chi connectivity index (χ1) is 5.72. The zero-order valence-corrected chi connectivity index (χ0v) is 6.94. The van der Waals surface area contributed by atoms with Crippen molar-refractivity contribution in [1.29, 1.82) is 5.26 Å². The number of aliphatic hydroxyl groups excluding tert-OH is 1. The number of rotatable bonds is 3. The summed E-state index contributed by atoms with van der Waals surface area (Å²) in [6.45, 7) is 2.38. The van der Waals surface area contributed by atoms with Crippen molar-refractivity contribution >= 4 is 0 Å². The van der Waals surface area contributed by atoms with Gasteiger partial charge < -0.3 is 5.11 Å². The third-order valence-corrected chi connectivity index (χ3v) is 1.54. The molecular weight excluding hydrogens is 154 g/mol. The molecule has 4 heteroatoms. The zero-order valence-electron chi connectivity index (χ0n) is 6.94. The summed E-state index contributed by atoms with van der Waals surface area (Å²) in [4.78, 5) is 0. The molecule has 12 heavy (non-hydrogen) atoms. The standard InChI is InChI=1S/C8H11N3O/c1-7(12)2-3-11-6-8(4-9)5-10-11/h5-7,12H,2-3H2,1H3. The maximum absolute atomic E-state index is 8.97. The minimum atomic E-state index is -0.320. The molecule has 0 amide bonds. The van der Waals surface area contributed by atoms with E-state index in [1.54, 1.807) is 17.8 Å². The van der Waals surface area contributed by atoms with E-state index in [-0.39, 0.29) is 6.10 Å². The Morgan fingerprint density at radius 3 is 3.08 bits per heavy atom. The summed E-state index contributed by atoms with van der Waals surface area (Å²) in [6.07, 6.45) is 3.52. The fourth-order valence-corrected chi connectivity index (χ4v) is 0.863. The Kier molecular flexibility index (Phi) is 2.83. The van der Waals surface area contributed by atoms with E-state index >= 15 is 0 Å². The van der Waals surface area contributed by atoms with E-state index in [0.29, 0.717) is 18.5 Å². The Morgan fingerprint density at radius 1 is 1.83 bits per heavy atom. The molecule has 1 heterocycles. The fourth-order valence-electron chi connectivity index (χ4n) is 0.863. The van der Waals surface area contributed by atoms with Gasteiger partial charge in [0.1, 0.15) is 6.07 Å². The van der Waals surface area contributed by atoms with Crippen molar-refractivity contribution in [1.82, 2.24) is 9.78 Å². The monoisotopic (exact) mass is 165 g/mol. The van der Waals surface area contributed by atoms with E-state index in [1.807, 2.05) is 6.07 Å². The minimum absolute atomic E-state index is 0.320. The molecule has 0 bridgehead atoms. The first-order valence-electron chi connectivity index (χ1n) is 3.83. The second-order valence-corrected chi connectivity index (χ2v) is 2.74. The van der Waals surface area contributed by atoms with Gasteiger partial charge in [-0.3, -0.25) is 4.68 Å². The molecule has 1 N–H and O–H groups in total.